The highest BCUT2D eigenvalue weighted by Crippen LogP contribution is 2.41. The van der Waals surface area contributed by atoms with E-state index in [1.807, 2.05) is 37.3 Å². The molecule has 0 aliphatic carbocycles. The summed E-state index contributed by atoms with van der Waals surface area (Å²) in [5, 5.41) is 1.22. The van der Waals surface area contributed by atoms with E-state index in [2.05, 4.69) is 6.92 Å². The first-order chi connectivity index (χ1) is 14.0. The fourth-order valence-electron chi connectivity index (χ4n) is 3.35. The number of fused-ring (bicyclic) bond motifs is 1. The molecule has 29 heavy (non-hydrogen) atoms. The number of furan rings is 1. The Bertz CT molecular complexity index is 1000. The SMILES string of the molecule is CCCc1cc(Cl)c2oc(Cc3ccc(OC)cc3)c(C)c2c1OC(=O)OCC. The Kier molecular flexibility index (Phi) is 6.70. The summed E-state index contributed by atoms with van der Waals surface area (Å²) in [5.74, 6) is 2.04. The van der Waals surface area contributed by atoms with Crippen molar-refractivity contribution in [3.05, 3.63) is 57.8 Å². The minimum absolute atomic E-state index is 0.242. The van der Waals surface area contributed by atoms with Crippen LogP contribution in [0.1, 0.15) is 42.7 Å². The summed E-state index contributed by atoms with van der Waals surface area (Å²) in [6.45, 7) is 5.99. The summed E-state index contributed by atoms with van der Waals surface area (Å²) >= 11 is 6.51. The van der Waals surface area contributed by atoms with Gasteiger partial charge in [0.05, 0.1) is 24.1 Å². The van der Waals surface area contributed by atoms with Gasteiger partial charge in [0.1, 0.15) is 17.3 Å². The molecule has 0 saturated heterocycles. The van der Waals surface area contributed by atoms with E-state index in [9.17, 15) is 4.79 Å². The van der Waals surface area contributed by atoms with Gasteiger partial charge in [0, 0.05) is 12.0 Å². The smallest absolute Gasteiger partial charge is 0.497 e. The molecule has 5 nitrogen and oxygen atoms in total. The van der Waals surface area contributed by atoms with Crippen molar-refractivity contribution in [2.24, 2.45) is 0 Å². The van der Waals surface area contributed by atoms with Crippen LogP contribution in [0, 0.1) is 6.92 Å². The zero-order chi connectivity index (χ0) is 21.0. The quantitative estimate of drug-likeness (QED) is 0.325. The highest BCUT2D eigenvalue weighted by atomic mass is 35.5. The standard InChI is InChI=1S/C23H25ClO5/c1-5-7-16-13-18(24)22-20(21(16)29-23(25)27-6-2)14(3)19(28-22)12-15-8-10-17(26-4)11-9-15/h8-11,13H,5-7,12H2,1-4H3. The van der Waals surface area contributed by atoms with Gasteiger partial charge in [-0.3, -0.25) is 0 Å². The summed E-state index contributed by atoms with van der Waals surface area (Å²) in [6.07, 6.45) is 1.47. The van der Waals surface area contributed by atoms with E-state index in [0.717, 1.165) is 46.4 Å². The first-order valence-electron chi connectivity index (χ1n) is 9.69. The lowest BCUT2D eigenvalue weighted by molar-refractivity contribution is 0.104. The summed E-state index contributed by atoms with van der Waals surface area (Å²) in [7, 11) is 1.64. The van der Waals surface area contributed by atoms with E-state index < -0.39 is 6.16 Å². The second kappa shape index (κ2) is 9.23. The van der Waals surface area contributed by atoms with Gasteiger partial charge in [-0.2, -0.15) is 0 Å². The molecule has 0 aliphatic rings. The number of rotatable bonds is 7. The molecule has 0 bridgehead atoms. The van der Waals surface area contributed by atoms with Crippen molar-refractivity contribution in [1.29, 1.82) is 0 Å². The van der Waals surface area contributed by atoms with Gasteiger partial charge in [-0.15, -0.1) is 0 Å². The molecule has 0 N–H and O–H groups in total. The van der Waals surface area contributed by atoms with Gasteiger partial charge in [-0.25, -0.2) is 4.79 Å². The average molecular weight is 417 g/mol. The summed E-state index contributed by atoms with van der Waals surface area (Å²) < 4.78 is 21.9. The number of hydrogen-bond donors (Lipinski definition) is 0. The van der Waals surface area contributed by atoms with Crippen molar-refractivity contribution in [3.63, 3.8) is 0 Å². The van der Waals surface area contributed by atoms with Gasteiger partial charge >= 0.3 is 6.16 Å². The number of benzene rings is 2. The van der Waals surface area contributed by atoms with Crippen LogP contribution in [0.25, 0.3) is 11.0 Å². The molecule has 154 valence electrons. The lowest BCUT2D eigenvalue weighted by atomic mass is 10.0. The molecule has 0 saturated carbocycles. The Morgan fingerprint density at radius 3 is 2.52 bits per heavy atom. The first-order valence-corrected chi connectivity index (χ1v) is 10.1. The second-order valence-corrected chi connectivity index (χ2v) is 7.17. The largest absolute Gasteiger partial charge is 0.513 e. The molecule has 0 unspecified atom stereocenters. The van der Waals surface area contributed by atoms with Crippen LogP contribution in [0.3, 0.4) is 0 Å². The van der Waals surface area contributed by atoms with E-state index in [1.165, 1.54) is 0 Å². The number of carbonyl (C=O) groups excluding carboxylic acids is 1. The third kappa shape index (κ3) is 4.51. The molecular weight excluding hydrogens is 392 g/mol. The number of halogens is 1. The second-order valence-electron chi connectivity index (χ2n) is 6.76. The van der Waals surface area contributed by atoms with Crippen LogP contribution in [0.4, 0.5) is 4.79 Å². The minimum Gasteiger partial charge on any atom is -0.497 e. The third-order valence-electron chi connectivity index (χ3n) is 4.77. The molecule has 0 fully saturated rings. The summed E-state index contributed by atoms with van der Waals surface area (Å²) in [4.78, 5) is 12.0. The maximum atomic E-state index is 12.0. The van der Waals surface area contributed by atoms with Crippen LogP contribution < -0.4 is 9.47 Å². The lowest BCUT2D eigenvalue weighted by Crippen LogP contribution is -2.11. The first kappa shape index (κ1) is 21.1. The number of ether oxygens (including phenoxy) is 3. The van der Waals surface area contributed by atoms with Crippen LogP contribution in [0.5, 0.6) is 11.5 Å². The summed E-state index contributed by atoms with van der Waals surface area (Å²) in [6, 6.07) is 9.61. The van der Waals surface area contributed by atoms with Crippen molar-refractivity contribution < 1.29 is 23.4 Å². The Hall–Kier alpha value is -2.66. The van der Waals surface area contributed by atoms with Gasteiger partial charge in [0.25, 0.3) is 0 Å². The van der Waals surface area contributed by atoms with Crippen LogP contribution in [-0.4, -0.2) is 19.9 Å². The molecule has 2 aromatic carbocycles. The predicted molar refractivity (Wildman–Crippen MR) is 113 cm³/mol. The molecular formula is C23H25ClO5. The Morgan fingerprint density at radius 2 is 1.90 bits per heavy atom. The van der Waals surface area contributed by atoms with E-state index >= 15 is 0 Å². The zero-order valence-corrected chi connectivity index (χ0v) is 17.9. The zero-order valence-electron chi connectivity index (χ0n) is 17.1. The van der Waals surface area contributed by atoms with Gasteiger partial charge in [-0.1, -0.05) is 37.1 Å². The van der Waals surface area contributed by atoms with Gasteiger partial charge < -0.3 is 18.6 Å². The Balaban J connectivity index is 2.08. The number of methoxy groups -OCH3 is 1. The molecule has 1 aromatic heterocycles. The molecule has 0 radical (unpaired) electrons. The average Bonchev–Trinajstić information content (AvgIpc) is 3.03. The topological polar surface area (TPSA) is 57.9 Å². The van der Waals surface area contributed by atoms with E-state index in [0.29, 0.717) is 22.8 Å². The Labute approximate surface area is 175 Å². The molecule has 3 aromatic rings. The molecule has 0 amide bonds. The molecule has 0 atom stereocenters. The van der Waals surface area contributed by atoms with Crippen LogP contribution in [-0.2, 0) is 17.6 Å². The predicted octanol–water partition coefficient (Wildman–Crippen LogP) is 6.48. The fraction of sp³-hybridized carbons (Fsp3) is 0.348. The van der Waals surface area contributed by atoms with Crippen molar-refractivity contribution in [2.45, 2.75) is 40.0 Å². The van der Waals surface area contributed by atoms with Crippen molar-refractivity contribution >= 4 is 28.7 Å². The maximum Gasteiger partial charge on any atom is 0.513 e. The van der Waals surface area contributed by atoms with Crippen LogP contribution in [0.2, 0.25) is 5.02 Å². The van der Waals surface area contributed by atoms with Gasteiger partial charge in [0.2, 0.25) is 0 Å². The molecule has 0 spiro atoms. The molecule has 3 rings (SSSR count). The molecule has 0 aliphatic heterocycles. The highest BCUT2D eigenvalue weighted by Gasteiger charge is 2.23. The van der Waals surface area contributed by atoms with E-state index in [1.54, 1.807) is 14.0 Å². The third-order valence-corrected chi connectivity index (χ3v) is 5.05. The van der Waals surface area contributed by atoms with Crippen LogP contribution in [0.15, 0.2) is 34.7 Å². The highest BCUT2D eigenvalue weighted by molar-refractivity contribution is 6.35. The van der Waals surface area contributed by atoms with Crippen molar-refractivity contribution in [3.8, 4) is 11.5 Å². The molecule has 6 heteroatoms. The number of aryl methyl sites for hydroxylation is 2. The summed E-state index contributed by atoms with van der Waals surface area (Å²) in [5.41, 5.74) is 3.35. The molecule has 1 heterocycles. The van der Waals surface area contributed by atoms with Crippen LogP contribution >= 0.6 is 11.6 Å². The van der Waals surface area contributed by atoms with Gasteiger partial charge in [-0.05, 0) is 49.6 Å². The lowest BCUT2D eigenvalue weighted by Gasteiger charge is -2.12. The maximum absolute atomic E-state index is 12.0. The van der Waals surface area contributed by atoms with E-state index in [4.69, 9.17) is 30.2 Å². The monoisotopic (exact) mass is 416 g/mol. The van der Waals surface area contributed by atoms with Crippen molar-refractivity contribution in [2.75, 3.05) is 13.7 Å². The van der Waals surface area contributed by atoms with E-state index in [-0.39, 0.29) is 6.61 Å². The van der Waals surface area contributed by atoms with Crippen molar-refractivity contribution in [1.82, 2.24) is 0 Å². The minimum atomic E-state index is -0.731. The van der Waals surface area contributed by atoms with Gasteiger partial charge in [0.15, 0.2) is 5.58 Å². The number of carbonyl (C=O) groups is 1. The number of hydrogen-bond acceptors (Lipinski definition) is 5. The fourth-order valence-corrected chi connectivity index (χ4v) is 3.61. The normalized spacial score (nSPS) is 10.9. The Morgan fingerprint density at radius 1 is 1.17 bits per heavy atom.